The molecule has 0 bridgehead atoms. The molecule has 2 atom stereocenters. The van der Waals surface area contributed by atoms with Gasteiger partial charge in [-0.15, -0.1) is 4.91 Å². The summed E-state index contributed by atoms with van der Waals surface area (Å²) < 4.78 is 2.24. The molecule has 0 amide bonds. The number of nitrogens with zero attached hydrogens (tertiary/aromatic N) is 4. The Kier molecular flexibility index (Phi) is 3.09. The summed E-state index contributed by atoms with van der Waals surface area (Å²) in [7, 11) is 0. The molecule has 0 saturated carbocycles. The van der Waals surface area contributed by atoms with Gasteiger partial charge in [0.2, 0.25) is 0 Å². The van der Waals surface area contributed by atoms with Crippen LogP contribution in [0, 0.1) is 18.8 Å². The van der Waals surface area contributed by atoms with E-state index in [4.69, 9.17) is 0 Å². The summed E-state index contributed by atoms with van der Waals surface area (Å²) >= 11 is 0. The summed E-state index contributed by atoms with van der Waals surface area (Å²) in [6.07, 6.45) is 0. The number of rotatable bonds is 2. The van der Waals surface area contributed by atoms with E-state index in [2.05, 4.69) is 47.9 Å². The fourth-order valence-corrected chi connectivity index (χ4v) is 2.55. The minimum atomic E-state index is 0.157. The minimum absolute atomic E-state index is 0.157. The standard InChI is InChI=1S/C12H20N4O/c1-9-5-6-10(2)16(9)15-8-11(3)14(13-17)7-12(15)4/h5-6,11-12H,7-8H2,1-4H3. The molecular weight excluding hydrogens is 216 g/mol. The van der Waals surface area contributed by atoms with Gasteiger partial charge in [-0.2, -0.15) is 0 Å². The zero-order valence-electron chi connectivity index (χ0n) is 10.9. The number of aryl methyl sites for hydroxylation is 2. The summed E-state index contributed by atoms with van der Waals surface area (Å²) in [5.41, 5.74) is 2.46. The lowest BCUT2D eigenvalue weighted by molar-refractivity contribution is 0.151. The molecule has 1 aromatic rings. The predicted molar refractivity (Wildman–Crippen MR) is 68.4 cm³/mol. The molecule has 1 aliphatic heterocycles. The average Bonchev–Trinajstić information content (AvgIpc) is 2.62. The summed E-state index contributed by atoms with van der Waals surface area (Å²) in [6.45, 7) is 9.88. The fraction of sp³-hybridized carbons (Fsp3) is 0.667. The second-order valence-electron chi connectivity index (χ2n) is 4.95. The average molecular weight is 236 g/mol. The maximum atomic E-state index is 10.7. The van der Waals surface area contributed by atoms with Crippen LogP contribution in [0.2, 0.25) is 0 Å². The van der Waals surface area contributed by atoms with E-state index in [1.54, 1.807) is 5.01 Å². The molecule has 0 radical (unpaired) electrons. The summed E-state index contributed by atoms with van der Waals surface area (Å²) in [6, 6.07) is 4.69. The first-order valence-electron chi connectivity index (χ1n) is 6.06. The van der Waals surface area contributed by atoms with Gasteiger partial charge in [-0.1, -0.05) is 0 Å². The van der Waals surface area contributed by atoms with E-state index in [9.17, 15) is 4.91 Å². The highest BCUT2D eigenvalue weighted by atomic mass is 16.3. The Morgan fingerprint density at radius 3 is 2.24 bits per heavy atom. The van der Waals surface area contributed by atoms with E-state index in [1.807, 2.05) is 6.92 Å². The molecule has 1 fully saturated rings. The summed E-state index contributed by atoms with van der Waals surface area (Å²) in [5, 5.41) is 7.04. The molecule has 1 saturated heterocycles. The van der Waals surface area contributed by atoms with Crippen LogP contribution < -0.4 is 5.01 Å². The topological polar surface area (TPSA) is 40.8 Å². The molecule has 0 N–H and O–H groups in total. The molecule has 2 unspecified atom stereocenters. The van der Waals surface area contributed by atoms with Gasteiger partial charge in [0.25, 0.3) is 0 Å². The molecule has 1 aliphatic rings. The zero-order valence-corrected chi connectivity index (χ0v) is 10.9. The molecule has 5 heteroatoms. The van der Waals surface area contributed by atoms with Crippen molar-refractivity contribution in [3.63, 3.8) is 0 Å². The minimum Gasteiger partial charge on any atom is -0.306 e. The van der Waals surface area contributed by atoms with E-state index < -0.39 is 0 Å². The Hall–Kier alpha value is -1.52. The number of piperazine rings is 1. The maximum absolute atomic E-state index is 10.7. The van der Waals surface area contributed by atoms with Crippen LogP contribution in [-0.4, -0.2) is 34.9 Å². The lowest BCUT2D eigenvalue weighted by Crippen LogP contribution is -2.59. The van der Waals surface area contributed by atoms with Gasteiger partial charge in [0.05, 0.1) is 30.5 Å². The fourth-order valence-electron chi connectivity index (χ4n) is 2.55. The molecule has 5 nitrogen and oxygen atoms in total. The van der Waals surface area contributed by atoms with Gasteiger partial charge in [0.1, 0.15) is 0 Å². The van der Waals surface area contributed by atoms with Crippen molar-refractivity contribution in [2.75, 3.05) is 18.1 Å². The normalized spacial score (nSPS) is 25.2. The Morgan fingerprint density at radius 2 is 1.71 bits per heavy atom. The van der Waals surface area contributed by atoms with Crippen molar-refractivity contribution >= 4 is 0 Å². The van der Waals surface area contributed by atoms with Crippen LogP contribution in [0.5, 0.6) is 0 Å². The molecule has 17 heavy (non-hydrogen) atoms. The van der Waals surface area contributed by atoms with Gasteiger partial charge in [-0.3, -0.25) is 9.69 Å². The van der Waals surface area contributed by atoms with E-state index in [0.29, 0.717) is 6.54 Å². The van der Waals surface area contributed by atoms with Crippen LogP contribution >= 0.6 is 0 Å². The zero-order chi connectivity index (χ0) is 12.6. The molecule has 94 valence electrons. The van der Waals surface area contributed by atoms with Crippen LogP contribution in [0.3, 0.4) is 0 Å². The largest absolute Gasteiger partial charge is 0.306 e. The monoisotopic (exact) mass is 236 g/mol. The van der Waals surface area contributed by atoms with E-state index in [-0.39, 0.29) is 12.1 Å². The second-order valence-corrected chi connectivity index (χ2v) is 4.95. The van der Waals surface area contributed by atoms with Gasteiger partial charge in [-0.25, -0.2) is 0 Å². The van der Waals surface area contributed by atoms with Crippen LogP contribution in [0.15, 0.2) is 17.4 Å². The van der Waals surface area contributed by atoms with Gasteiger partial charge >= 0.3 is 0 Å². The number of nitroso groups, excluding NO2 is 1. The van der Waals surface area contributed by atoms with Crippen LogP contribution in [0.4, 0.5) is 0 Å². The Labute approximate surface area is 102 Å². The highest BCUT2D eigenvalue weighted by Gasteiger charge is 2.30. The SMILES string of the molecule is Cc1ccc(C)n1N1CC(C)N(N=O)CC1C. The molecule has 0 aliphatic carbocycles. The van der Waals surface area contributed by atoms with Crippen molar-refractivity contribution in [2.24, 2.45) is 5.29 Å². The van der Waals surface area contributed by atoms with Crippen molar-refractivity contribution in [1.82, 2.24) is 9.69 Å². The van der Waals surface area contributed by atoms with Crippen molar-refractivity contribution in [2.45, 2.75) is 39.8 Å². The highest BCUT2D eigenvalue weighted by Crippen LogP contribution is 2.18. The summed E-state index contributed by atoms with van der Waals surface area (Å²) in [5.74, 6) is 0. The number of hydrogen-bond acceptors (Lipinski definition) is 3. The third kappa shape index (κ3) is 2.01. The van der Waals surface area contributed by atoms with Crippen molar-refractivity contribution in [1.29, 1.82) is 0 Å². The van der Waals surface area contributed by atoms with Gasteiger partial charge < -0.3 is 5.01 Å². The summed E-state index contributed by atoms with van der Waals surface area (Å²) in [4.78, 5) is 10.7. The van der Waals surface area contributed by atoms with Crippen molar-refractivity contribution in [3.05, 3.63) is 28.4 Å². The first-order valence-corrected chi connectivity index (χ1v) is 6.06. The van der Waals surface area contributed by atoms with Gasteiger partial charge in [0, 0.05) is 11.4 Å². The quantitative estimate of drug-likeness (QED) is 0.735. The number of aromatic nitrogens is 1. The highest BCUT2D eigenvalue weighted by molar-refractivity contribution is 5.19. The second kappa shape index (κ2) is 4.39. The number of hydrogen-bond donors (Lipinski definition) is 0. The van der Waals surface area contributed by atoms with Crippen LogP contribution in [0.1, 0.15) is 25.2 Å². The van der Waals surface area contributed by atoms with E-state index in [1.165, 1.54) is 11.4 Å². The van der Waals surface area contributed by atoms with Crippen LogP contribution in [0.25, 0.3) is 0 Å². The first-order chi connectivity index (χ1) is 8.04. The van der Waals surface area contributed by atoms with E-state index in [0.717, 1.165) is 6.54 Å². The molecule has 1 aromatic heterocycles. The molecular formula is C12H20N4O. The van der Waals surface area contributed by atoms with Crippen LogP contribution in [-0.2, 0) is 0 Å². The van der Waals surface area contributed by atoms with Crippen molar-refractivity contribution < 1.29 is 0 Å². The van der Waals surface area contributed by atoms with Gasteiger partial charge in [-0.05, 0) is 39.8 Å². The third-order valence-corrected chi connectivity index (χ3v) is 3.52. The molecule has 2 heterocycles. The predicted octanol–water partition coefficient (Wildman–Crippen LogP) is 1.82. The lowest BCUT2D eigenvalue weighted by atomic mass is 10.1. The Balaban J connectivity index is 2.26. The smallest absolute Gasteiger partial charge is 0.0666 e. The van der Waals surface area contributed by atoms with Crippen molar-refractivity contribution in [3.8, 4) is 0 Å². The third-order valence-electron chi connectivity index (χ3n) is 3.52. The maximum Gasteiger partial charge on any atom is 0.0666 e. The van der Waals surface area contributed by atoms with Gasteiger partial charge in [0.15, 0.2) is 0 Å². The van der Waals surface area contributed by atoms with E-state index >= 15 is 0 Å². The first kappa shape index (κ1) is 12.0. The Bertz CT molecular complexity index is 395. The Morgan fingerprint density at radius 1 is 1.12 bits per heavy atom. The molecule has 0 aromatic carbocycles. The lowest BCUT2D eigenvalue weighted by Gasteiger charge is -2.43. The molecule has 0 spiro atoms. The molecule has 2 rings (SSSR count).